The molecule has 0 unspecified atom stereocenters. The smallest absolute Gasteiger partial charge is 0.762 e. The Bertz CT molecular complexity index is 968. The van der Waals surface area contributed by atoms with Crippen molar-refractivity contribution in [3.05, 3.63) is 22.0 Å². The van der Waals surface area contributed by atoms with E-state index in [4.69, 9.17) is 97.1 Å². The summed E-state index contributed by atoms with van der Waals surface area (Å²) in [7, 11) is 0. The van der Waals surface area contributed by atoms with Crippen LogP contribution in [-0.4, -0.2) is 257 Å². The van der Waals surface area contributed by atoms with E-state index in [1.807, 2.05) is 0 Å². The van der Waals surface area contributed by atoms with Gasteiger partial charge in [-0.25, -0.2) is 11.7 Å². The first-order valence-corrected chi connectivity index (χ1v) is 20.6. The number of primary amides is 2. The van der Waals surface area contributed by atoms with E-state index in [0.717, 1.165) is 0 Å². The van der Waals surface area contributed by atoms with E-state index in [2.05, 4.69) is 11.5 Å². The molecule has 28 nitrogen and oxygen atoms in total. The van der Waals surface area contributed by atoms with Crippen LogP contribution in [0.3, 0.4) is 0 Å². The van der Waals surface area contributed by atoms with Gasteiger partial charge < -0.3 is 120 Å². The standard InChI is InChI=1S/4C8H16O4.2C4H2N3O.2Na.4H2O/c4*1-2-10-5-6-12-8-7-11-4-3-9-1;2*5-1-3(2-6)4(7)8;;;;;;/h4*1-8H2;2*(H2,7,8);;;4*1H2/q;;;;2*-1;2*+1;;;;. The summed E-state index contributed by atoms with van der Waals surface area (Å²) >= 11 is 0. The first-order valence-electron chi connectivity index (χ1n) is 20.6. The molecule has 0 aromatic heterocycles. The van der Waals surface area contributed by atoms with Gasteiger partial charge in [0.2, 0.25) is 0 Å². The minimum absolute atomic E-state index is 0. The summed E-state index contributed by atoms with van der Waals surface area (Å²) in [6.45, 7) is 20.6. The van der Waals surface area contributed by atoms with E-state index in [1.54, 1.807) is 0 Å². The van der Waals surface area contributed by atoms with Crippen molar-refractivity contribution in [1.82, 2.24) is 0 Å². The fourth-order valence-corrected chi connectivity index (χ4v) is 3.79. The molecule has 4 aliphatic rings. The number of nitriles is 2. The maximum absolute atomic E-state index is 9.90. The third kappa shape index (κ3) is 72.6. The maximum Gasteiger partial charge on any atom is 1.00 e. The normalized spacial score (nSPS) is 17.9. The van der Waals surface area contributed by atoms with E-state index in [1.165, 1.54) is 23.9 Å². The van der Waals surface area contributed by atoms with Gasteiger partial charge in [-0.1, -0.05) is 0 Å². The predicted molar refractivity (Wildman–Crippen MR) is 241 cm³/mol. The quantitative estimate of drug-likeness (QED) is 0.112. The number of hydrogen-bond acceptors (Lipinski definition) is 20. The monoisotopic (exact) mass is 1040 g/mol. The van der Waals surface area contributed by atoms with Gasteiger partial charge >= 0.3 is 59.1 Å². The Labute approximate surface area is 454 Å². The fourth-order valence-electron chi connectivity index (χ4n) is 3.79. The average Bonchev–Trinajstić information content (AvgIpc) is 3.26. The Hall–Kier alpha value is -1.98. The minimum atomic E-state index is -0.977. The van der Waals surface area contributed by atoms with Crippen LogP contribution in [0.1, 0.15) is 0 Å². The van der Waals surface area contributed by atoms with Crippen LogP contribution in [0.5, 0.6) is 0 Å². The van der Waals surface area contributed by atoms with Crippen molar-refractivity contribution in [3.63, 3.8) is 0 Å². The maximum atomic E-state index is 9.90. The molecule has 0 bridgehead atoms. The zero-order valence-electron chi connectivity index (χ0n) is 40.9. The van der Waals surface area contributed by atoms with Gasteiger partial charge in [-0.2, -0.15) is 10.5 Å². The van der Waals surface area contributed by atoms with Crippen LogP contribution in [0.15, 0.2) is 11.1 Å². The van der Waals surface area contributed by atoms with Gasteiger partial charge in [-0.05, 0) is 0 Å². The molecule has 400 valence electrons. The first kappa shape index (κ1) is 84.8. The van der Waals surface area contributed by atoms with Crippen LogP contribution in [0.2, 0.25) is 0 Å². The summed E-state index contributed by atoms with van der Waals surface area (Å²) in [5.41, 5.74) is 7.94. The van der Waals surface area contributed by atoms with Crippen molar-refractivity contribution in [1.29, 1.82) is 10.5 Å². The Morgan fingerprint density at radius 1 is 0.286 bits per heavy atom. The van der Waals surface area contributed by atoms with Crippen molar-refractivity contribution >= 4 is 23.6 Å². The molecule has 0 spiro atoms. The van der Waals surface area contributed by atoms with Gasteiger partial charge in [0.15, 0.2) is 0 Å². The predicted octanol–water partition coefficient (Wildman–Crippen LogP) is -10.7. The Balaban J connectivity index is -0.000000109. The Kier molecular flexibility index (Phi) is 92.0. The molecule has 0 saturated carbocycles. The van der Waals surface area contributed by atoms with Crippen molar-refractivity contribution in [2.24, 2.45) is 11.5 Å². The summed E-state index contributed by atoms with van der Waals surface area (Å²) in [5.74, 6) is 0.711. The number of carbonyl (C=O) groups is 2. The zero-order chi connectivity index (χ0) is 47.1. The van der Waals surface area contributed by atoms with Gasteiger partial charge in [0.1, 0.15) is 23.3 Å². The first-order chi connectivity index (χ1) is 31.4. The largest absolute Gasteiger partial charge is 1.00 e. The van der Waals surface area contributed by atoms with Crippen LogP contribution in [0.25, 0.3) is 10.8 Å². The number of rotatable bonds is 2. The fraction of sp³-hybridized carbons (Fsp3) is 0.800. The molecule has 4 fully saturated rings. The topological polar surface area (TPSA) is 452 Å². The Morgan fingerprint density at radius 2 is 0.371 bits per heavy atom. The molecule has 4 aliphatic heterocycles. The SMILES string of the molecule is C1COCCOCCOCCO1.C1COCCOCCOCCO1.C1COCCOCCOCCO1.C1COCCOCCOCCO1.N#CC(=C=[N-])C(N)=O.N#CC(=C=[N-])C(N)=O.O.O.O.O.[Na+].[Na+]. The molecule has 2 amide bonds. The molecule has 0 aromatic carbocycles. The van der Waals surface area contributed by atoms with Crippen LogP contribution < -0.4 is 70.6 Å². The molecular weight excluding hydrogens is 962 g/mol. The third-order valence-corrected chi connectivity index (χ3v) is 6.89. The van der Waals surface area contributed by atoms with Gasteiger partial charge in [0, 0.05) is 0 Å². The molecule has 0 aromatic rings. The molecule has 12 N–H and O–H groups in total. The summed E-state index contributed by atoms with van der Waals surface area (Å²) in [6, 6.07) is 2.66. The van der Waals surface area contributed by atoms with Crippen LogP contribution in [0.4, 0.5) is 0 Å². The number of nitrogens with two attached hydrogens (primary N) is 2. The summed E-state index contributed by atoms with van der Waals surface area (Å²) < 4.78 is 83.4. The van der Waals surface area contributed by atoms with Gasteiger partial charge in [0.25, 0.3) is 11.8 Å². The van der Waals surface area contributed by atoms with Gasteiger partial charge in [-0.15, -0.1) is 0 Å². The number of ether oxygens (including phenoxy) is 16. The minimum Gasteiger partial charge on any atom is -0.762 e. The van der Waals surface area contributed by atoms with E-state index in [0.29, 0.717) is 211 Å². The average molecular weight is 1040 g/mol. The second kappa shape index (κ2) is 75.9. The van der Waals surface area contributed by atoms with Crippen LogP contribution in [-0.2, 0) is 85.4 Å². The van der Waals surface area contributed by atoms with Crippen LogP contribution in [0, 0.1) is 22.7 Å². The van der Waals surface area contributed by atoms with E-state index in [-0.39, 0.29) is 81.0 Å². The van der Waals surface area contributed by atoms with E-state index in [9.17, 15) is 9.59 Å². The number of carbonyl (C=O) groups excluding carboxylic acids is 2. The second-order valence-corrected chi connectivity index (χ2v) is 11.7. The van der Waals surface area contributed by atoms with Crippen molar-refractivity contribution in [2.75, 3.05) is 211 Å². The zero-order valence-corrected chi connectivity index (χ0v) is 44.9. The van der Waals surface area contributed by atoms with E-state index >= 15 is 0 Å². The second-order valence-electron chi connectivity index (χ2n) is 11.7. The molecule has 4 saturated heterocycles. The van der Waals surface area contributed by atoms with Crippen molar-refractivity contribution in [2.45, 2.75) is 0 Å². The molecule has 0 radical (unpaired) electrons. The molecule has 30 heteroatoms. The molecule has 4 heterocycles. The Morgan fingerprint density at radius 3 is 0.400 bits per heavy atom. The molecule has 0 atom stereocenters. The summed E-state index contributed by atoms with van der Waals surface area (Å²) in [6.07, 6.45) is 0. The molecule has 0 aliphatic carbocycles. The van der Waals surface area contributed by atoms with Crippen molar-refractivity contribution < 1.29 is 166 Å². The van der Waals surface area contributed by atoms with Crippen molar-refractivity contribution in [3.8, 4) is 12.1 Å². The number of nitrogens with zero attached hydrogens (tertiary/aromatic N) is 4. The number of hydrogen-bond donors (Lipinski definition) is 2. The van der Waals surface area contributed by atoms with Gasteiger partial charge in [-0.3, -0.25) is 9.59 Å². The van der Waals surface area contributed by atoms with Crippen LogP contribution >= 0.6 is 0 Å². The summed E-state index contributed by atoms with van der Waals surface area (Å²) in [4.78, 5) is 19.8. The third-order valence-electron chi connectivity index (χ3n) is 6.89. The molecule has 4 rings (SSSR count). The number of amides is 2. The molecular formula is C40H76N6Na2O22. The van der Waals surface area contributed by atoms with Gasteiger partial charge in [0.05, 0.1) is 211 Å². The molecule has 70 heavy (non-hydrogen) atoms. The summed E-state index contributed by atoms with van der Waals surface area (Å²) in [5, 5.41) is 31.5. The van der Waals surface area contributed by atoms with E-state index < -0.39 is 23.0 Å².